The number of nitrogens with one attached hydrogen (secondary N) is 1. The molecule has 1 atom stereocenters. The van der Waals surface area contributed by atoms with Crippen LogP contribution >= 0.6 is 0 Å². The van der Waals surface area contributed by atoms with E-state index in [1.54, 1.807) is 7.11 Å². The summed E-state index contributed by atoms with van der Waals surface area (Å²) >= 11 is 0. The van der Waals surface area contributed by atoms with Crippen molar-refractivity contribution in [1.82, 2.24) is 15.1 Å². The fourth-order valence-corrected chi connectivity index (χ4v) is 3.72. The summed E-state index contributed by atoms with van der Waals surface area (Å²) in [5.74, 6) is 0.905. The van der Waals surface area contributed by atoms with Crippen molar-refractivity contribution < 1.29 is 4.74 Å². The molecule has 1 N–H and O–H groups in total. The van der Waals surface area contributed by atoms with Crippen LogP contribution in [0.3, 0.4) is 0 Å². The summed E-state index contributed by atoms with van der Waals surface area (Å²) in [6.07, 6.45) is 2.18. The van der Waals surface area contributed by atoms with Crippen LogP contribution in [-0.2, 0) is 13.5 Å². The molecule has 4 nitrogen and oxygen atoms in total. The predicted octanol–water partition coefficient (Wildman–Crippen LogP) is 5.00. The third-order valence-electron chi connectivity index (χ3n) is 5.54. The Balaban J connectivity index is 1.55. The summed E-state index contributed by atoms with van der Waals surface area (Å²) in [7, 11) is 3.73. The van der Waals surface area contributed by atoms with Crippen LogP contribution in [0.15, 0.2) is 48.5 Å². The summed E-state index contributed by atoms with van der Waals surface area (Å²) < 4.78 is 7.46. The second-order valence-electron chi connectivity index (χ2n) is 7.37. The molecule has 1 aromatic heterocycles. The fraction of sp³-hybridized carbons (Fsp3) is 0.375. The molecule has 0 saturated carbocycles. The van der Waals surface area contributed by atoms with E-state index in [2.05, 4.69) is 61.5 Å². The zero-order chi connectivity index (χ0) is 20.1. The van der Waals surface area contributed by atoms with Crippen LogP contribution < -0.4 is 10.1 Å². The van der Waals surface area contributed by atoms with Gasteiger partial charge in [-0.2, -0.15) is 5.10 Å². The second-order valence-corrected chi connectivity index (χ2v) is 7.37. The molecule has 0 bridgehead atoms. The summed E-state index contributed by atoms with van der Waals surface area (Å²) in [6, 6.07) is 17.2. The average molecular weight is 378 g/mol. The average Bonchev–Trinajstić information content (AvgIpc) is 2.96. The van der Waals surface area contributed by atoms with Crippen molar-refractivity contribution in [3.8, 4) is 16.9 Å². The first kappa shape index (κ1) is 20.2. The molecule has 2 aromatic carbocycles. The van der Waals surface area contributed by atoms with Crippen molar-refractivity contribution in [3.63, 3.8) is 0 Å². The number of benzene rings is 2. The molecule has 0 spiro atoms. The Morgan fingerprint density at radius 1 is 1.07 bits per heavy atom. The van der Waals surface area contributed by atoms with E-state index in [9.17, 15) is 0 Å². The van der Waals surface area contributed by atoms with Gasteiger partial charge in [-0.05, 0) is 62.9 Å². The second kappa shape index (κ2) is 9.07. The van der Waals surface area contributed by atoms with E-state index < -0.39 is 0 Å². The molecule has 1 heterocycles. The molecule has 28 heavy (non-hydrogen) atoms. The number of hydrogen-bond acceptors (Lipinski definition) is 3. The van der Waals surface area contributed by atoms with Crippen LogP contribution in [0.2, 0.25) is 0 Å². The van der Waals surface area contributed by atoms with Gasteiger partial charge < -0.3 is 10.1 Å². The molecular weight excluding hydrogens is 346 g/mol. The Morgan fingerprint density at radius 2 is 1.79 bits per heavy atom. The Morgan fingerprint density at radius 3 is 2.43 bits per heavy atom. The maximum atomic E-state index is 5.48. The molecule has 0 aliphatic carbocycles. The first-order valence-corrected chi connectivity index (χ1v) is 9.97. The van der Waals surface area contributed by atoms with E-state index >= 15 is 0 Å². The predicted molar refractivity (Wildman–Crippen MR) is 116 cm³/mol. The lowest BCUT2D eigenvalue weighted by Gasteiger charge is -2.15. The molecule has 3 aromatic rings. The summed E-state index contributed by atoms with van der Waals surface area (Å²) in [5, 5.41) is 8.15. The van der Waals surface area contributed by atoms with Gasteiger partial charge in [0.25, 0.3) is 0 Å². The van der Waals surface area contributed by atoms with Crippen molar-refractivity contribution in [2.45, 2.75) is 39.7 Å². The monoisotopic (exact) mass is 377 g/mol. The lowest BCUT2D eigenvalue weighted by molar-refractivity contribution is 0.416. The molecule has 0 aliphatic rings. The van der Waals surface area contributed by atoms with Crippen LogP contribution in [-0.4, -0.2) is 23.4 Å². The van der Waals surface area contributed by atoms with E-state index in [0.717, 1.165) is 36.4 Å². The molecular formula is C24H31N3O. The number of nitrogens with zero attached hydrogens (tertiary/aromatic N) is 2. The van der Waals surface area contributed by atoms with Gasteiger partial charge in [0, 0.05) is 24.3 Å². The van der Waals surface area contributed by atoms with Gasteiger partial charge in [0.05, 0.1) is 12.8 Å². The standard InChI is InChI=1S/C24H31N3O/c1-17(25-16-8-10-22-18(2)26-27(4)19(22)3)20-12-14-21(15-13-20)23-9-6-7-11-24(23)28-5/h6-7,9,11-15,17,25H,8,10,16H2,1-5H3. The van der Waals surface area contributed by atoms with Crippen molar-refractivity contribution in [2.75, 3.05) is 13.7 Å². The maximum Gasteiger partial charge on any atom is 0.126 e. The quantitative estimate of drug-likeness (QED) is 0.562. The zero-order valence-electron chi connectivity index (χ0n) is 17.6. The summed E-state index contributed by atoms with van der Waals surface area (Å²) in [5.41, 5.74) is 7.42. The zero-order valence-corrected chi connectivity index (χ0v) is 17.6. The van der Waals surface area contributed by atoms with Gasteiger partial charge >= 0.3 is 0 Å². The number of methoxy groups -OCH3 is 1. The number of aryl methyl sites for hydroxylation is 2. The highest BCUT2D eigenvalue weighted by Crippen LogP contribution is 2.30. The van der Waals surface area contributed by atoms with Crippen molar-refractivity contribution in [2.24, 2.45) is 7.05 Å². The number of rotatable bonds is 8. The minimum Gasteiger partial charge on any atom is -0.496 e. The molecule has 0 aliphatic heterocycles. The first-order valence-electron chi connectivity index (χ1n) is 9.97. The fourth-order valence-electron chi connectivity index (χ4n) is 3.72. The Hall–Kier alpha value is -2.59. The number of aromatic nitrogens is 2. The van der Waals surface area contributed by atoms with E-state index in [4.69, 9.17) is 4.74 Å². The van der Waals surface area contributed by atoms with Gasteiger partial charge in [-0.3, -0.25) is 4.68 Å². The molecule has 0 saturated heterocycles. The van der Waals surface area contributed by atoms with Crippen molar-refractivity contribution in [1.29, 1.82) is 0 Å². The topological polar surface area (TPSA) is 39.1 Å². The van der Waals surface area contributed by atoms with Crippen LogP contribution in [0.1, 0.15) is 41.9 Å². The highest BCUT2D eigenvalue weighted by molar-refractivity contribution is 5.70. The third-order valence-corrected chi connectivity index (χ3v) is 5.54. The van der Waals surface area contributed by atoms with Gasteiger partial charge in [-0.1, -0.05) is 42.5 Å². The van der Waals surface area contributed by atoms with Crippen LogP contribution in [0.4, 0.5) is 0 Å². The largest absolute Gasteiger partial charge is 0.496 e. The van der Waals surface area contributed by atoms with Crippen LogP contribution in [0, 0.1) is 13.8 Å². The van der Waals surface area contributed by atoms with Gasteiger partial charge in [0.2, 0.25) is 0 Å². The smallest absolute Gasteiger partial charge is 0.126 e. The summed E-state index contributed by atoms with van der Waals surface area (Å²) in [6.45, 7) is 7.46. The number of para-hydroxylation sites is 1. The van der Waals surface area contributed by atoms with Gasteiger partial charge in [-0.15, -0.1) is 0 Å². The van der Waals surface area contributed by atoms with E-state index in [-0.39, 0.29) is 0 Å². The molecule has 0 radical (unpaired) electrons. The normalized spacial score (nSPS) is 12.2. The molecule has 148 valence electrons. The highest BCUT2D eigenvalue weighted by Gasteiger charge is 2.10. The van der Waals surface area contributed by atoms with E-state index in [1.165, 1.54) is 22.4 Å². The molecule has 1 unspecified atom stereocenters. The lowest BCUT2D eigenvalue weighted by atomic mass is 10.0. The van der Waals surface area contributed by atoms with Crippen LogP contribution in [0.5, 0.6) is 5.75 Å². The molecule has 3 rings (SSSR count). The maximum absolute atomic E-state index is 5.48. The lowest BCUT2D eigenvalue weighted by Crippen LogP contribution is -2.20. The third kappa shape index (κ3) is 4.45. The Kier molecular flexibility index (Phi) is 6.53. The minimum atomic E-state index is 0.322. The number of ether oxygens (including phenoxy) is 1. The number of hydrogen-bond donors (Lipinski definition) is 1. The van der Waals surface area contributed by atoms with Gasteiger partial charge in [0.1, 0.15) is 5.75 Å². The minimum absolute atomic E-state index is 0.322. The summed E-state index contributed by atoms with van der Waals surface area (Å²) in [4.78, 5) is 0. The van der Waals surface area contributed by atoms with Crippen LogP contribution in [0.25, 0.3) is 11.1 Å². The highest BCUT2D eigenvalue weighted by atomic mass is 16.5. The van der Waals surface area contributed by atoms with E-state index in [1.807, 2.05) is 29.9 Å². The Bertz CT molecular complexity index is 912. The first-order chi connectivity index (χ1) is 13.5. The molecule has 0 amide bonds. The van der Waals surface area contributed by atoms with E-state index in [0.29, 0.717) is 6.04 Å². The SMILES string of the molecule is COc1ccccc1-c1ccc(C(C)NCCCc2c(C)nn(C)c2C)cc1. The van der Waals surface area contributed by atoms with Crippen molar-refractivity contribution in [3.05, 3.63) is 71.0 Å². The molecule has 4 heteroatoms. The van der Waals surface area contributed by atoms with Gasteiger partial charge in [0.15, 0.2) is 0 Å². The Labute approximate surface area is 168 Å². The molecule has 0 fully saturated rings. The van der Waals surface area contributed by atoms with Crippen molar-refractivity contribution >= 4 is 0 Å². The van der Waals surface area contributed by atoms with Gasteiger partial charge in [-0.25, -0.2) is 0 Å².